The topological polar surface area (TPSA) is 108 Å². The van der Waals surface area contributed by atoms with Gasteiger partial charge in [0.2, 0.25) is 0 Å². The van der Waals surface area contributed by atoms with Crippen LogP contribution in [-0.4, -0.2) is 39.1 Å². The Kier molecular flexibility index (Phi) is 4.88. The lowest BCUT2D eigenvalue weighted by Gasteiger charge is -2.24. The Morgan fingerprint density at radius 1 is 1.27 bits per heavy atom. The van der Waals surface area contributed by atoms with Gasteiger partial charge in [0.1, 0.15) is 11.9 Å². The summed E-state index contributed by atoms with van der Waals surface area (Å²) in [6.07, 6.45) is 2.33. The maximum atomic E-state index is 14.9. The summed E-state index contributed by atoms with van der Waals surface area (Å²) in [5.41, 5.74) is 1.93. The number of nitrogens with one attached hydrogen (secondary N) is 1. The fraction of sp³-hybridized carbons (Fsp3) is 0.368. The van der Waals surface area contributed by atoms with Crippen LogP contribution in [0.3, 0.4) is 0 Å². The summed E-state index contributed by atoms with van der Waals surface area (Å²) < 4.78 is 41.3. The second-order valence-electron chi connectivity index (χ2n) is 7.05. The van der Waals surface area contributed by atoms with Crippen LogP contribution < -0.4 is 9.47 Å². The lowest BCUT2D eigenvalue weighted by atomic mass is 9.81. The summed E-state index contributed by atoms with van der Waals surface area (Å²) >= 11 is 0. The van der Waals surface area contributed by atoms with Gasteiger partial charge >= 0.3 is 5.69 Å². The first kappa shape index (κ1) is 19.8. The molecule has 1 unspecified atom stereocenters. The molecule has 0 bridgehead atoms. The van der Waals surface area contributed by atoms with Crippen LogP contribution in [-0.2, 0) is 19.9 Å². The van der Waals surface area contributed by atoms with Gasteiger partial charge in [-0.1, -0.05) is 0 Å². The molecule has 1 aromatic carbocycles. The molecule has 1 atom stereocenters. The standard InChI is InChI=1S/C19H19F2N5O4/c1-25-19(12(8-22-25)26(27)28)18-10-5-4-9(6-11(10)23-24-18)15-16(20)13(29-2)7-14(30-3)17(15)21/h7-9H,4-6H2,1-3H3,(H,23,24). The van der Waals surface area contributed by atoms with E-state index in [1.54, 1.807) is 7.05 Å². The molecule has 3 aromatic rings. The fourth-order valence-electron chi connectivity index (χ4n) is 4.05. The predicted molar refractivity (Wildman–Crippen MR) is 102 cm³/mol. The van der Waals surface area contributed by atoms with Gasteiger partial charge in [-0.25, -0.2) is 8.78 Å². The van der Waals surface area contributed by atoms with Crippen LogP contribution in [0.4, 0.5) is 14.5 Å². The average molecular weight is 419 g/mol. The summed E-state index contributed by atoms with van der Waals surface area (Å²) in [4.78, 5) is 10.8. The highest BCUT2D eigenvalue weighted by Crippen LogP contribution is 2.42. The SMILES string of the molecule is COc1cc(OC)c(F)c(C2CCc3c(-c4c([N+](=O)[O-])cnn4C)n[nH]c3C2)c1F. The Balaban J connectivity index is 1.74. The van der Waals surface area contributed by atoms with E-state index in [2.05, 4.69) is 15.3 Å². The quantitative estimate of drug-likeness (QED) is 0.502. The molecule has 158 valence electrons. The summed E-state index contributed by atoms with van der Waals surface area (Å²) in [7, 11) is 4.21. The van der Waals surface area contributed by atoms with E-state index in [4.69, 9.17) is 9.47 Å². The van der Waals surface area contributed by atoms with Crippen molar-refractivity contribution in [3.05, 3.63) is 50.8 Å². The number of benzene rings is 1. The van der Waals surface area contributed by atoms with Crippen molar-refractivity contribution in [2.75, 3.05) is 14.2 Å². The molecule has 1 aliphatic carbocycles. The van der Waals surface area contributed by atoms with Crippen molar-refractivity contribution in [1.82, 2.24) is 20.0 Å². The molecule has 2 aromatic heterocycles. The third-order valence-electron chi connectivity index (χ3n) is 5.50. The maximum Gasteiger partial charge on any atom is 0.316 e. The van der Waals surface area contributed by atoms with Crippen LogP contribution >= 0.6 is 0 Å². The summed E-state index contributed by atoms with van der Waals surface area (Å²) in [6.45, 7) is 0. The largest absolute Gasteiger partial charge is 0.494 e. The number of halogens is 2. The molecule has 9 nitrogen and oxygen atoms in total. The van der Waals surface area contributed by atoms with Gasteiger partial charge in [0.05, 0.1) is 19.1 Å². The zero-order valence-corrected chi connectivity index (χ0v) is 16.5. The lowest BCUT2D eigenvalue weighted by molar-refractivity contribution is -0.384. The Morgan fingerprint density at radius 2 is 1.93 bits per heavy atom. The van der Waals surface area contributed by atoms with Crippen LogP contribution in [0.2, 0.25) is 0 Å². The summed E-state index contributed by atoms with van der Waals surface area (Å²) in [5.74, 6) is -2.18. The second-order valence-corrected chi connectivity index (χ2v) is 7.05. The van der Waals surface area contributed by atoms with Crippen LogP contribution in [0.25, 0.3) is 11.4 Å². The van der Waals surface area contributed by atoms with Gasteiger partial charge in [0.25, 0.3) is 0 Å². The molecular formula is C19H19F2N5O4. The molecular weight excluding hydrogens is 400 g/mol. The minimum Gasteiger partial charge on any atom is -0.494 e. The molecule has 4 rings (SSSR count). The van der Waals surface area contributed by atoms with Crippen molar-refractivity contribution < 1.29 is 23.2 Å². The third kappa shape index (κ3) is 2.97. The number of methoxy groups -OCH3 is 2. The average Bonchev–Trinajstić information content (AvgIpc) is 3.31. The van der Waals surface area contributed by atoms with Crippen molar-refractivity contribution in [3.8, 4) is 22.9 Å². The highest BCUT2D eigenvalue weighted by atomic mass is 19.1. The number of nitro groups is 1. The smallest absolute Gasteiger partial charge is 0.316 e. The molecule has 0 spiro atoms. The Bertz CT molecular complexity index is 1110. The monoisotopic (exact) mass is 419 g/mol. The molecule has 1 aliphatic rings. The molecule has 0 amide bonds. The van der Waals surface area contributed by atoms with Crippen molar-refractivity contribution >= 4 is 5.69 Å². The maximum absolute atomic E-state index is 14.9. The van der Waals surface area contributed by atoms with E-state index in [0.717, 1.165) is 5.56 Å². The van der Waals surface area contributed by atoms with Crippen LogP contribution in [0.1, 0.15) is 29.2 Å². The molecule has 0 fully saturated rings. The van der Waals surface area contributed by atoms with E-state index in [1.807, 2.05) is 0 Å². The molecule has 0 radical (unpaired) electrons. The number of rotatable bonds is 5. The van der Waals surface area contributed by atoms with E-state index >= 15 is 0 Å². The van der Waals surface area contributed by atoms with Crippen LogP contribution in [0.5, 0.6) is 11.5 Å². The van der Waals surface area contributed by atoms with Crippen molar-refractivity contribution in [3.63, 3.8) is 0 Å². The first-order valence-electron chi connectivity index (χ1n) is 9.20. The van der Waals surface area contributed by atoms with Crippen molar-refractivity contribution in [1.29, 1.82) is 0 Å². The highest BCUT2D eigenvalue weighted by Gasteiger charge is 2.34. The molecule has 1 N–H and O–H groups in total. The number of aromatic nitrogens is 4. The number of fused-ring (bicyclic) bond motifs is 1. The minimum absolute atomic E-state index is 0.0927. The van der Waals surface area contributed by atoms with E-state index in [9.17, 15) is 18.9 Å². The van der Waals surface area contributed by atoms with Gasteiger partial charge in [-0.15, -0.1) is 0 Å². The number of aromatic amines is 1. The molecule has 2 heterocycles. The van der Waals surface area contributed by atoms with Gasteiger partial charge in [-0.2, -0.15) is 10.2 Å². The molecule has 11 heteroatoms. The first-order valence-corrected chi connectivity index (χ1v) is 9.20. The molecule has 0 aliphatic heterocycles. The Hall–Kier alpha value is -3.50. The minimum atomic E-state index is -0.758. The summed E-state index contributed by atoms with van der Waals surface area (Å²) in [5, 5.41) is 22.4. The third-order valence-corrected chi connectivity index (χ3v) is 5.50. The van der Waals surface area contributed by atoms with E-state index in [1.165, 1.54) is 31.2 Å². The van der Waals surface area contributed by atoms with E-state index < -0.39 is 22.5 Å². The number of nitrogens with zero attached hydrogens (tertiary/aromatic N) is 4. The van der Waals surface area contributed by atoms with Crippen molar-refractivity contribution in [2.45, 2.75) is 25.2 Å². The van der Waals surface area contributed by atoms with Crippen LogP contribution in [0, 0.1) is 21.7 Å². The number of H-pyrrole nitrogens is 1. The summed E-state index contributed by atoms with van der Waals surface area (Å²) in [6, 6.07) is 1.18. The zero-order chi connectivity index (χ0) is 21.6. The second kappa shape index (κ2) is 7.39. The van der Waals surface area contributed by atoms with Gasteiger partial charge in [-0.05, 0) is 25.2 Å². The van der Waals surface area contributed by atoms with Gasteiger partial charge in [0, 0.05) is 29.9 Å². The fourth-order valence-corrected chi connectivity index (χ4v) is 4.05. The van der Waals surface area contributed by atoms with E-state index in [0.29, 0.717) is 24.2 Å². The number of aryl methyl sites for hydroxylation is 1. The van der Waals surface area contributed by atoms with E-state index in [-0.39, 0.29) is 34.9 Å². The number of hydrogen-bond donors (Lipinski definition) is 1. The van der Waals surface area contributed by atoms with Gasteiger partial charge < -0.3 is 9.47 Å². The number of hydrogen-bond acceptors (Lipinski definition) is 6. The van der Waals surface area contributed by atoms with Crippen molar-refractivity contribution in [2.24, 2.45) is 7.05 Å². The van der Waals surface area contributed by atoms with Gasteiger partial charge in [-0.3, -0.25) is 19.9 Å². The Morgan fingerprint density at radius 3 is 2.53 bits per heavy atom. The predicted octanol–water partition coefficient (Wildman–Crippen LogP) is 3.29. The highest BCUT2D eigenvalue weighted by molar-refractivity contribution is 5.70. The molecule has 0 saturated carbocycles. The molecule has 30 heavy (non-hydrogen) atoms. The zero-order valence-electron chi connectivity index (χ0n) is 16.5. The first-order chi connectivity index (χ1) is 14.4. The van der Waals surface area contributed by atoms with Crippen LogP contribution in [0.15, 0.2) is 12.3 Å². The Labute approximate surface area is 169 Å². The lowest BCUT2D eigenvalue weighted by Crippen LogP contribution is -2.16. The van der Waals surface area contributed by atoms with Gasteiger partial charge in [0.15, 0.2) is 28.8 Å². The number of ether oxygens (including phenoxy) is 2. The molecule has 0 saturated heterocycles. The normalized spacial score (nSPS) is 15.7.